The van der Waals surface area contributed by atoms with Crippen LogP contribution in [0.5, 0.6) is 0 Å². The summed E-state index contributed by atoms with van der Waals surface area (Å²) in [6, 6.07) is 8.24. The zero-order valence-electron chi connectivity index (χ0n) is 17.3. The molecule has 3 nitrogen and oxygen atoms in total. The molecule has 1 saturated carbocycles. The van der Waals surface area contributed by atoms with E-state index >= 15 is 0 Å². The van der Waals surface area contributed by atoms with Crippen LogP contribution in [-0.4, -0.2) is 26.9 Å². The average Bonchev–Trinajstić information content (AvgIpc) is 2.97. The SMILES string of the molecule is CCCCCC(O)c1ccc(C2C(Cl)C[C@@H](Cl)[C@@H]2C/C=C\CCCC(=O)O)cc1. The van der Waals surface area contributed by atoms with E-state index < -0.39 is 12.1 Å². The van der Waals surface area contributed by atoms with Gasteiger partial charge in [-0.2, -0.15) is 0 Å². The summed E-state index contributed by atoms with van der Waals surface area (Å²) in [6.45, 7) is 2.16. The first kappa shape index (κ1) is 24.2. The van der Waals surface area contributed by atoms with Crippen LogP contribution in [0.2, 0.25) is 0 Å². The van der Waals surface area contributed by atoms with Crippen LogP contribution in [-0.2, 0) is 4.79 Å². The molecule has 29 heavy (non-hydrogen) atoms. The molecule has 0 aliphatic heterocycles. The zero-order chi connectivity index (χ0) is 21.2. The Bertz CT molecular complexity index is 644. The Morgan fingerprint density at radius 2 is 1.86 bits per heavy atom. The minimum Gasteiger partial charge on any atom is -0.481 e. The highest BCUT2D eigenvalue weighted by Crippen LogP contribution is 2.47. The highest BCUT2D eigenvalue weighted by atomic mass is 35.5. The van der Waals surface area contributed by atoms with Gasteiger partial charge < -0.3 is 10.2 Å². The maximum atomic E-state index is 10.6. The molecule has 3 unspecified atom stereocenters. The van der Waals surface area contributed by atoms with Crippen molar-refractivity contribution in [3.8, 4) is 0 Å². The predicted octanol–water partition coefficient (Wildman–Crippen LogP) is 6.82. The first-order chi connectivity index (χ1) is 13.9. The van der Waals surface area contributed by atoms with Gasteiger partial charge in [0.15, 0.2) is 0 Å². The molecule has 0 radical (unpaired) electrons. The van der Waals surface area contributed by atoms with Crippen molar-refractivity contribution in [1.29, 1.82) is 0 Å². The molecule has 0 heterocycles. The van der Waals surface area contributed by atoms with Gasteiger partial charge in [0.05, 0.1) is 6.10 Å². The Morgan fingerprint density at radius 1 is 1.14 bits per heavy atom. The summed E-state index contributed by atoms with van der Waals surface area (Å²) in [6.07, 6.45) is 11.2. The van der Waals surface area contributed by atoms with Gasteiger partial charge in [-0.15, -0.1) is 23.2 Å². The highest BCUT2D eigenvalue weighted by Gasteiger charge is 2.41. The Balaban J connectivity index is 1.96. The molecule has 0 bridgehead atoms. The standard InChI is InChI=1S/C24H34Cl2O3/c1-2-3-6-10-22(27)17-12-14-18(15-13-17)24-19(20(25)16-21(24)26)9-7-4-5-8-11-23(28)29/h4,7,12-15,19-22,24,27H,2-3,5-6,8-11,16H2,1H3,(H,28,29)/b7-4-/t19-,20+,21?,22?,24?/m0/s1. The summed E-state index contributed by atoms with van der Waals surface area (Å²) in [5, 5.41) is 19.1. The van der Waals surface area contributed by atoms with Gasteiger partial charge in [-0.25, -0.2) is 0 Å². The minimum absolute atomic E-state index is 0.00300. The first-order valence-corrected chi connectivity index (χ1v) is 11.7. The predicted molar refractivity (Wildman–Crippen MR) is 121 cm³/mol. The van der Waals surface area contributed by atoms with Crippen LogP contribution in [0.15, 0.2) is 36.4 Å². The Morgan fingerprint density at radius 3 is 2.52 bits per heavy atom. The van der Waals surface area contributed by atoms with Gasteiger partial charge in [0.2, 0.25) is 0 Å². The van der Waals surface area contributed by atoms with Crippen molar-refractivity contribution < 1.29 is 15.0 Å². The first-order valence-electron chi connectivity index (χ1n) is 10.9. The fraction of sp³-hybridized carbons (Fsp3) is 0.625. The normalized spacial score (nSPS) is 25.5. The van der Waals surface area contributed by atoms with Gasteiger partial charge in [0.1, 0.15) is 0 Å². The number of rotatable bonds is 12. The number of carboxylic acid groups (broad SMARTS) is 1. The molecule has 2 N–H and O–H groups in total. The number of carbonyl (C=O) groups is 1. The smallest absolute Gasteiger partial charge is 0.303 e. The van der Waals surface area contributed by atoms with E-state index in [2.05, 4.69) is 31.2 Å². The molecule has 0 spiro atoms. The number of hydrogen-bond acceptors (Lipinski definition) is 2. The van der Waals surface area contributed by atoms with Gasteiger partial charge >= 0.3 is 5.97 Å². The van der Waals surface area contributed by atoms with Crippen LogP contribution in [0.3, 0.4) is 0 Å². The number of aliphatic hydroxyl groups excluding tert-OH is 1. The summed E-state index contributed by atoms with van der Waals surface area (Å²) < 4.78 is 0. The largest absolute Gasteiger partial charge is 0.481 e. The van der Waals surface area contributed by atoms with Crippen LogP contribution in [0.4, 0.5) is 0 Å². The number of allylic oxidation sites excluding steroid dienone is 2. The lowest BCUT2D eigenvalue weighted by atomic mass is 9.85. The van der Waals surface area contributed by atoms with Crippen molar-refractivity contribution >= 4 is 29.2 Å². The van der Waals surface area contributed by atoms with E-state index in [1.54, 1.807) is 0 Å². The zero-order valence-corrected chi connectivity index (χ0v) is 18.8. The van der Waals surface area contributed by atoms with Crippen LogP contribution >= 0.6 is 23.2 Å². The molecule has 0 amide bonds. The van der Waals surface area contributed by atoms with Crippen molar-refractivity contribution in [3.05, 3.63) is 47.5 Å². The van der Waals surface area contributed by atoms with Crippen molar-refractivity contribution in [2.45, 2.75) is 87.5 Å². The van der Waals surface area contributed by atoms with E-state index in [0.717, 1.165) is 50.5 Å². The maximum absolute atomic E-state index is 10.6. The number of benzene rings is 1. The molecule has 1 fully saturated rings. The third-order valence-corrected chi connectivity index (χ3v) is 6.84. The summed E-state index contributed by atoms with van der Waals surface area (Å²) >= 11 is 13.3. The van der Waals surface area contributed by atoms with E-state index in [1.807, 2.05) is 12.1 Å². The number of carboxylic acids is 1. The van der Waals surface area contributed by atoms with Gasteiger partial charge in [-0.3, -0.25) is 4.79 Å². The highest BCUT2D eigenvalue weighted by molar-refractivity contribution is 6.25. The fourth-order valence-corrected chi connectivity index (χ4v) is 5.28. The van der Waals surface area contributed by atoms with Gasteiger partial charge in [-0.05, 0) is 49.1 Å². The number of halogens is 2. The van der Waals surface area contributed by atoms with Crippen LogP contribution < -0.4 is 0 Å². The molecule has 5 heteroatoms. The number of alkyl halides is 2. The summed E-state index contributed by atoms with van der Waals surface area (Å²) in [4.78, 5) is 10.6. The number of aliphatic hydroxyl groups is 1. The molecular weight excluding hydrogens is 407 g/mol. The number of unbranched alkanes of at least 4 members (excludes halogenated alkanes) is 3. The fourth-order valence-electron chi connectivity index (χ4n) is 4.22. The van der Waals surface area contributed by atoms with Crippen molar-refractivity contribution in [1.82, 2.24) is 0 Å². The molecule has 1 aromatic rings. The van der Waals surface area contributed by atoms with Crippen molar-refractivity contribution in [2.24, 2.45) is 5.92 Å². The maximum Gasteiger partial charge on any atom is 0.303 e. The number of hydrogen-bond donors (Lipinski definition) is 2. The minimum atomic E-state index is -0.751. The Labute approximate surface area is 185 Å². The van der Waals surface area contributed by atoms with Gasteiger partial charge in [-0.1, -0.05) is 62.6 Å². The van der Waals surface area contributed by atoms with Crippen molar-refractivity contribution in [3.63, 3.8) is 0 Å². The van der Waals surface area contributed by atoms with Crippen LogP contribution in [0, 0.1) is 5.92 Å². The summed E-state index contributed by atoms with van der Waals surface area (Å²) in [5.74, 6) is -0.302. The van der Waals surface area contributed by atoms with E-state index in [1.165, 1.54) is 5.56 Å². The second-order valence-corrected chi connectivity index (χ2v) is 9.25. The van der Waals surface area contributed by atoms with E-state index in [0.29, 0.717) is 6.42 Å². The second-order valence-electron chi connectivity index (χ2n) is 8.13. The molecule has 0 saturated heterocycles. The Kier molecular flexibility index (Phi) is 10.5. The summed E-state index contributed by atoms with van der Waals surface area (Å²) in [5.41, 5.74) is 2.15. The summed E-state index contributed by atoms with van der Waals surface area (Å²) in [7, 11) is 0. The lowest BCUT2D eigenvalue weighted by Gasteiger charge is -2.23. The molecule has 162 valence electrons. The molecule has 2 rings (SSSR count). The number of aliphatic carboxylic acids is 1. The second kappa shape index (κ2) is 12.6. The van der Waals surface area contributed by atoms with Gasteiger partial charge in [0.25, 0.3) is 0 Å². The average molecular weight is 441 g/mol. The molecule has 1 aliphatic rings. The lowest BCUT2D eigenvalue weighted by molar-refractivity contribution is -0.137. The van der Waals surface area contributed by atoms with Crippen LogP contribution in [0.1, 0.15) is 87.9 Å². The van der Waals surface area contributed by atoms with E-state index in [4.69, 9.17) is 28.3 Å². The molecule has 1 aromatic carbocycles. The lowest BCUT2D eigenvalue weighted by Crippen LogP contribution is -2.16. The quantitative estimate of drug-likeness (QED) is 0.213. The topological polar surface area (TPSA) is 57.5 Å². The van der Waals surface area contributed by atoms with Crippen LogP contribution in [0.25, 0.3) is 0 Å². The molecule has 1 aliphatic carbocycles. The van der Waals surface area contributed by atoms with Gasteiger partial charge in [0, 0.05) is 23.1 Å². The third-order valence-electron chi connectivity index (χ3n) is 5.89. The Hall–Kier alpha value is -1.03. The molecule has 5 atom stereocenters. The molecule has 0 aromatic heterocycles. The molecular formula is C24H34Cl2O3. The van der Waals surface area contributed by atoms with E-state index in [-0.39, 0.29) is 29.0 Å². The van der Waals surface area contributed by atoms with Crippen molar-refractivity contribution in [2.75, 3.05) is 0 Å². The monoisotopic (exact) mass is 440 g/mol. The van der Waals surface area contributed by atoms with E-state index in [9.17, 15) is 9.90 Å². The third kappa shape index (κ3) is 7.62.